The number of hydrogen-bond donors (Lipinski definition) is 1. The smallest absolute Gasteiger partial charge is 0.0834 e. The van der Waals surface area contributed by atoms with Crippen molar-refractivity contribution in [3.8, 4) is 0 Å². The van der Waals surface area contributed by atoms with Crippen LogP contribution in [-0.2, 0) is 6.54 Å². The summed E-state index contributed by atoms with van der Waals surface area (Å²) in [7, 11) is 2.02. The Labute approximate surface area is 116 Å². The molecule has 0 amide bonds. The third kappa shape index (κ3) is 3.48. The van der Waals surface area contributed by atoms with Crippen molar-refractivity contribution in [2.45, 2.75) is 59.0 Å². The van der Waals surface area contributed by atoms with E-state index in [-0.39, 0.29) is 0 Å². The van der Waals surface area contributed by atoms with Crippen LogP contribution >= 0.6 is 11.6 Å². The number of halogens is 1. The maximum atomic E-state index is 6.32. The minimum absolute atomic E-state index is 0.305. The van der Waals surface area contributed by atoms with Crippen molar-refractivity contribution in [3.63, 3.8) is 0 Å². The second kappa shape index (κ2) is 7.80. The van der Waals surface area contributed by atoms with Crippen LogP contribution in [-0.4, -0.2) is 16.8 Å². The number of nitrogens with one attached hydrogen (secondary N) is 1. The summed E-state index contributed by atoms with van der Waals surface area (Å²) in [4.78, 5) is 0. The van der Waals surface area contributed by atoms with Gasteiger partial charge in [-0.05, 0) is 32.7 Å². The number of aromatic nitrogens is 2. The zero-order chi connectivity index (χ0) is 13.5. The molecule has 0 aromatic carbocycles. The van der Waals surface area contributed by atoms with E-state index in [1.807, 2.05) is 11.7 Å². The molecule has 1 aromatic heterocycles. The highest BCUT2D eigenvalue weighted by Gasteiger charge is 2.25. The molecule has 0 spiro atoms. The van der Waals surface area contributed by atoms with E-state index in [4.69, 9.17) is 11.6 Å². The molecule has 1 aromatic rings. The Kier molecular flexibility index (Phi) is 6.72. The zero-order valence-electron chi connectivity index (χ0n) is 12.0. The Hall–Kier alpha value is -0.540. The summed E-state index contributed by atoms with van der Waals surface area (Å²) < 4.78 is 2.02. The van der Waals surface area contributed by atoms with Gasteiger partial charge >= 0.3 is 0 Å². The Balaban J connectivity index is 3.01. The molecule has 1 atom stereocenters. The van der Waals surface area contributed by atoms with Gasteiger partial charge in [0.1, 0.15) is 0 Å². The van der Waals surface area contributed by atoms with E-state index in [0.29, 0.717) is 12.0 Å². The largest absolute Gasteiger partial charge is 0.311 e. The van der Waals surface area contributed by atoms with Gasteiger partial charge in [0.15, 0.2) is 0 Å². The summed E-state index contributed by atoms with van der Waals surface area (Å²) >= 11 is 6.32. The number of aryl methyl sites for hydroxylation is 1. The maximum absolute atomic E-state index is 6.32. The molecule has 1 N–H and O–H groups in total. The van der Waals surface area contributed by atoms with Gasteiger partial charge in [-0.25, -0.2) is 0 Å². The lowest BCUT2D eigenvalue weighted by atomic mass is 9.88. The summed E-state index contributed by atoms with van der Waals surface area (Å²) in [5, 5.41) is 8.58. The average Bonchev–Trinajstić information content (AvgIpc) is 2.73. The van der Waals surface area contributed by atoms with Crippen LogP contribution in [0, 0.1) is 5.92 Å². The van der Waals surface area contributed by atoms with Crippen LogP contribution < -0.4 is 5.32 Å². The van der Waals surface area contributed by atoms with Crippen LogP contribution in [0.5, 0.6) is 0 Å². The fraction of sp³-hybridized carbons (Fsp3) is 0.786. The van der Waals surface area contributed by atoms with E-state index in [9.17, 15) is 0 Å². The van der Waals surface area contributed by atoms with Gasteiger partial charge in [-0.2, -0.15) is 5.10 Å². The van der Waals surface area contributed by atoms with Crippen molar-refractivity contribution < 1.29 is 0 Å². The molecule has 3 nitrogen and oxygen atoms in total. The molecule has 0 saturated carbocycles. The first-order valence-electron chi connectivity index (χ1n) is 7.07. The molecule has 0 saturated heterocycles. The Bertz CT molecular complexity index is 343. The predicted octanol–water partition coefficient (Wildman–Crippen LogP) is 4.03. The van der Waals surface area contributed by atoms with Gasteiger partial charge < -0.3 is 5.32 Å². The van der Waals surface area contributed by atoms with Crippen LogP contribution in [0.3, 0.4) is 0 Å². The quantitative estimate of drug-likeness (QED) is 0.774. The normalized spacial score (nSPS) is 13.2. The molecular weight excluding hydrogens is 246 g/mol. The Morgan fingerprint density at radius 3 is 2.33 bits per heavy atom. The molecule has 0 aliphatic carbocycles. The lowest BCUT2D eigenvalue weighted by molar-refractivity contribution is 0.315. The van der Waals surface area contributed by atoms with Crippen LogP contribution in [0.25, 0.3) is 0 Å². The highest BCUT2D eigenvalue weighted by atomic mass is 35.5. The van der Waals surface area contributed by atoms with Crippen molar-refractivity contribution >= 4 is 11.6 Å². The average molecular weight is 272 g/mol. The third-order valence-electron chi connectivity index (χ3n) is 3.53. The van der Waals surface area contributed by atoms with Gasteiger partial charge in [-0.3, -0.25) is 4.68 Å². The standard InChI is InChI=1S/C14H26ClN3/c1-5-8-11(9-6-2)13(16-4)14-12(15)10-17-18(14)7-3/h10-11,13,16H,5-9H2,1-4H3. The summed E-state index contributed by atoms with van der Waals surface area (Å²) in [5.41, 5.74) is 1.15. The topological polar surface area (TPSA) is 29.9 Å². The molecule has 18 heavy (non-hydrogen) atoms. The van der Waals surface area contributed by atoms with Crippen LogP contribution in [0.4, 0.5) is 0 Å². The van der Waals surface area contributed by atoms with E-state index < -0.39 is 0 Å². The van der Waals surface area contributed by atoms with Crippen LogP contribution in [0.2, 0.25) is 5.02 Å². The Morgan fingerprint density at radius 1 is 1.28 bits per heavy atom. The molecule has 104 valence electrons. The number of nitrogens with zero attached hydrogens (tertiary/aromatic N) is 2. The predicted molar refractivity (Wildman–Crippen MR) is 78.0 cm³/mol. The number of hydrogen-bond acceptors (Lipinski definition) is 2. The molecule has 1 rings (SSSR count). The van der Waals surface area contributed by atoms with Crippen LogP contribution in [0.15, 0.2) is 6.20 Å². The van der Waals surface area contributed by atoms with Gasteiger partial charge in [0, 0.05) is 6.54 Å². The number of rotatable bonds is 8. The molecule has 0 radical (unpaired) electrons. The summed E-state index contributed by atoms with van der Waals surface area (Å²) in [6.07, 6.45) is 6.64. The van der Waals surface area contributed by atoms with Gasteiger partial charge in [0.05, 0.1) is 23.0 Å². The van der Waals surface area contributed by atoms with E-state index in [1.165, 1.54) is 25.7 Å². The van der Waals surface area contributed by atoms with Gasteiger partial charge in [-0.1, -0.05) is 38.3 Å². The van der Waals surface area contributed by atoms with Crippen molar-refractivity contribution in [1.82, 2.24) is 15.1 Å². The SMILES string of the molecule is CCCC(CCC)C(NC)c1c(Cl)cnn1CC. The molecule has 4 heteroatoms. The molecular formula is C14H26ClN3. The molecule has 0 aliphatic rings. The first kappa shape index (κ1) is 15.5. The van der Waals surface area contributed by atoms with Crippen molar-refractivity contribution in [2.75, 3.05) is 7.05 Å². The van der Waals surface area contributed by atoms with E-state index in [1.54, 1.807) is 6.20 Å². The van der Waals surface area contributed by atoms with Gasteiger partial charge in [-0.15, -0.1) is 0 Å². The van der Waals surface area contributed by atoms with E-state index in [2.05, 4.69) is 31.2 Å². The van der Waals surface area contributed by atoms with E-state index >= 15 is 0 Å². The summed E-state index contributed by atoms with van der Waals surface area (Å²) in [6, 6.07) is 0.305. The Morgan fingerprint density at radius 2 is 1.89 bits per heavy atom. The van der Waals surface area contributed by atoms with Crippen molar-refractivity contribution in [3.05, 3.63) is 16.9 Å². The first-order valence-corrected chi connectivity index (χ1v) is 7.45. The monoisotopic (exact) mass is 271 g/mol. The molecule has 1 heterocycles. The molecule has 0 bridgehead atoms. The third-order valence-corrected chi connectivity index (χ3v) is 3.82. The molecule has 0 aliphatic heterocycles. The van der Waals surface area contributed by atoms with Crippen molar-refractivity contribution in [2.24, 2.45) is 5.92 Å². The zero-order valence-corrected chi connectivity index (χ0v) is 12.8. The van der Waals surface area contributed by atoms with Gasteiger partial charge in [0.25, 0.3) is 0 Å². The van der Waals surface area contributed by atoms with E-state index in [0.717, 1.165) is 17.3 Å². The summed E-state index contributed by atoms with van der Waals surface area (Å²) in [5.74, 6) is 0.629. The lowest BCUT2D eigenvalue weighted by Crippen LogP contribution is -2.28. The van der Waals surface area contributed by atoms with Crippen LogP contribution in [0.1, 0.15) is 58.2 Å². The fourth-order valence-corrected chi connectivity index (χ4v) is 3.01. The highest BCUT2D eigenvalue weighted by Crippen LogP contribution is 2.33. The lowest BCUT2D eigenvalue weighted by Gasteiger charge is -2.27. The van der Waals surface area contributed by atoms with Crippen molar-refractivity contribution in [1.29, 1.82) is 0 Å². The second-order valence-corrected chi connectivity index (χ2v) is 5.20. The minimum atomic E-state index is 0.305. The first-order chi connectivity index (χ1) is 8.69. The van der Waals surface area contributed by atoms with Gasteiger partial charge in [0.2, 0.25) is 0 Å². The maximum Gasteiger partial charge on any atom is 0.0834 e. The highest BCUT2D eigenvalue weighted by molar-refractivity contribution is 6.31. The molecule has 0 fully saturated rings. The second-order valence-electron chi connectivity index (χ2n) is 4.80. The fourth-order valence-electron chi connectivity index (χ4n) is 2.75. The minimum Gasteiger partial charge on any atom is -0.311 e. The summed E-state index contributed by atoms with van der Waals surface area (Å²) in [6.45, 7) is 7.46. The molecule has 1 unspecified atom stereocenters.